The fourth-order valence-corrected chi connectivity index (χ4v) is 4.72. The van der Waals surface area contributed by atoms with Crippen molar-refractivity contribution in [2.45, 2.75) is 17.4 Å². The van der Waals surface area contributed by atoms with Gasteiger partial charge in [0, 0.05) is 6.54 Å². The third kappa shape index (κ3) is 5.81. The molecule has 0 unspecified atom stereocenters. The smallest absolute Gasteiger partial charge is 0.241 e. The monoisotopic (exact) mass is 454 g/mol. The Morgan fingerprint density at radius 2 is 1.83 bits per heavy atom. The van der Waals surface area contributed by atoms with E-state index in [0.717, 1.165) is 17.5 Å². The molecule has 3 rings (SSSR count). The van der Waals surface area contributed by atoms with Crippen LogP contribution in [0.1, 0.15) is 23.6 Å². The summed E-state index contributed by atoms with van der Waals surface area (Å²) in [6.45, 7) is 1.75. The lowest BCUT2D eigenvalue weighted by Gasteiger charge is -2.23. The fourth-order valence-electron chi connectivity index (χ4n) is 3.20. The summed E-state index contributed by atoms with van der Waals surface area (Å²) < 4.78 is 34.2. The van der Waals surface area contributed by atoms with E-state index in [9.17, 15) is 8.42 Å². The number of hydrogen-bond acceptors (Lipinski definition) is 4. The maximum Gasteiger partial charge on any atom is 0.241 e. The predicted molar refractivity (Wildman–Crippen MR) is 118 cm³/mol. The van der Waals surface area contributed by atoms with Crippen LogP contribution in [0.15, 0.2) is 53.4 Å². The Balaban J connectivity index is 1.84. The van der Waals surface area contributed by atoms with Crippen LogP contribution < -0.4 is 4.72 Å². The van der Waals surface area contributed by atoms with Crippen molar-refractivity contribution in [2.24, 2.45) is 0 Å². The largest absolute Gasteiger partial charge is 0.377 e. The van der Waals surface area contributed by atoms with E-state index in [-0.39, 0.29) is 4.90 Å². The van der Waals surface area contributed by atoms with Crippen molar-refractivity contribution in [1.29, 1.82) is 0 Å². The Labute approximate surface area is 182 Å². The maximum atomic E-state index is 13.0. The van der Waals surface area contributed by atoms with E-state index in [1.165, 1.54) is 5.57 Å². The average Bonchev–Trinajstić information content (AvgIpc) is 2.70. The summed E-state index contributed by atoms with van der Waals surface area (Å²) >= 11 is 12.1. The van der Waals surface area contributed by atoms with Gasteiger partial charge >= 0.3 is 0 Å². The first-order valence-corrected chi connectivity index (χ1v) is 11.5. The first kappa shape index (κ1) is 22.3. The summed E-state index contributed by atoms with van der Waals surface area (Å²) in [6.07, 6.45) is 2.86. The molecule has 0 aliphatic carbocycles. The number of nitrogens with one attached hydrogen (secondary N) is 1. The molecule has 0 amide bonds. The molecule has 0 fully saturated rings. The van der Waals surface area contributed by atoms with Gasteiger partial charge < -0.3 is 9.64 Å². The van der Waals surface area contributed by atoms with Crippen LogP contribution in [0.3, 0.4) is 0 Å². The van der Waals surface area contributed by atoms with Crippen molar-refractivity contribution >= 4 is 38.8 Å². The Morgan fingerprint density at radius 3 is 2.41 bits per heavy atom. The van der Waals surface area contributed by atoms with E-state index in [1.807, 2.05) is 37.2 Å². The highest BCUT2D eigenvalue weighted by Gasteiger charge is 2.23. The third-order valence-electron chi connectivity index (χ3n) is 4.69. The number of nitrogens with zero attached hydrogens (tertiary/aromatic N) is 1. The van der Waals surface area contributed by atoms with E-state index in [2.05, 4.69) is 4.72 Å². The minimum Gasteiger partial charge on any atom is -0.377 e. The standard InChI is InChI=1S/C21H24Cl2N2O3S/c1-25(2)14-21(17-5-8-19(22)20(23)13-17)24-29(26,27)18-6-3-15(4-7-18)16-9-11-28-12-10-16/h3-9,13,21,24H,10-12,14H2,1-2H3/t21-/m0/s1. The summed E-state index contributed by atoms with van der Waals surface area (Å²) in [5, 5.41) is 0.820. The first-order chi connectivity index (χ1) is 13.8. The number of rotatable bonds is 7. The van der Waals surface area contributed by atoms with Crippen molar-refractivity contribution in [3.8, 4) is 0 Å². The molecule has 5 nitrogen and oxygen atoms in total. The molecule has 0 aromatic heterocycles. The van der Waals surface area contributed by atoms with Crippen LogP contribution in [0, 0.1) is 0 Å². The summed E-state index contributed by atoms with van der Waals surface area (Å²) in [5.41, 5.74) is 2.94. The molecule has 156 valence electrons. The normalized spacial score (nSPS) is 16.0. The van der Waals surface area contributed by atoms with Gasteiger partial charge in [-0.1, -0.05) is 47.5 Å². The molecule has 0 bridgehead atoms. The molecule has 0 spiro atoms. The molecule has 2 aromatic carbocycles. The molecule has 29 heavy (non-hydrogen) atoms. The Kier molecular flexibility index (Phi) is 7.37. The zero-order valence-corrected chi connectivity index (χ0v) is 18.7. The van der Waals surface area contributed by atoms with Gasteiger partial charge in [-0.05, 0) is 61.5 Å². The van der Waals surface area contributed by atoms with E-state index in [0.29, 0.717) is 29.8 Å². The number of hydrogen-bond donors (Lipinski definition) is 1. The zero-order valence-electron chi connectivity index (χ0n) is 16.4. The summed E-state index contributed by atoms with van der Waals surface area (Å²) in [4.78, 5) is 2.13. The molecule has 1 aliphatic heterocycles. The van der Waals surface area contributed by atoms with Gasteiger partial charge in [-0.15, -0.1) is 0 Å². The number of likely N-dealkylation sites (N-methyl/N-ethyl adjacent to an activating group) is 1. The molecule has 1 atom stereocenters. The second-order valence-corrected chi connectivity index (χ2v) is 9.72. The zero-order chi connectivity index (χ0) is 21.0. The van der Waals surface area contributed by atoms with E-state index < -0.39 is 16.1 Å². The van der Waals surface area contributed by atoms with Crippen LogP contribution in [-0.4, -0.2) is 47.2 Å². The number of benzene rings is 2. The molecular formula is C21H24Cl2N2O3S. The van der Waals surface area contributed by atoms with Crippen molar-refractivity contribution in [3.63, 3.8) is 0 Å². The Bertz CT molecular complexity index is 989. The summed E-state index contributed by atoms with van der Waals surface area (Å²) in [7, 11) is 0.0477. The molecular weight excluding hydrogens is 431 g/mol. The molecule has 1 N–H and O–H groups in total. The number of sulfonamides is 1. The Hall–Kier alpha value is -1.41. The lowest BCUT2D eigenvalue weighted by molar-refractivity contribution is 0.161. The number of ether oxygens (including phenoxy) is 1. The van der Waals surface area contributed by atoms with Crippen LogP contribution >= 0.6 is 23.2 Å². The van der Waals surface area contributed by atoms with E-state index in [1.54, 1.807) is 30.3 Å². The minimum atomic E-state index is -3.72. The summed E-state index contributed by atoms with van der Waals surface area (Å²) in [5.74, 6) is 0. The molecule has 0 radical (unpaired) electrons. The lowest BCUT2D eigenvalue weighted by atomic mass is 10.0. The molecule has 0 saturated carbocycles. The highest BCUT2D eigenvalue weighted by atomic mass is 35.5. The highest BCUT2D eigenvalue weighted by Crippen LogP contribution is 2.28. The van der Waals surface area contributed by atoms with Crippen molar-refractivity contribution in [2.75, 3.05) is 33.9 Å². The van der Waals surface area contributed by atoms with Gasteiger partial charge in [-0.3, -0.25) is 0 Å². The molecule has 0 saturated heterocycles. The van der Waals surface area contributed by atoms with Gasteiger partial charge in [0.15, 0.2) is 0 Å². The lowest BCUT2D eigenvalue weighted by Crippen LogP contribution is -2.35. The van der Waals surface area contributed by atoms with Gasteiger partial charge in [0.2, 0.25) is 10.0 Å². The molecule has 1 aliphatic rings. The second kappa shape index (κ2) is 9.60. The van der Waals surface area contributed by atoms with Gasteiger partial charge in [0.05, 0.1) is 34.2 Å². The topological polar surface area (TPSA) is 58.6 Å². The summed E-state index contributed by atoms with van der Waals surface area (Å²) in [6, 6.07) is 11.6. The van der Waals surface area contributed by atoms with Crippen molar-refractivity contribution < 1.29 is 13.2 Å². The van der Waals surface area contributed by atoms with Crippen LogP contribution in [0.25, 0.3) is 5.57 Å². The maximum absolute atomic E-state index is 13.0. The highest BCUT2D eigenvalue weighted by molar-refractivity contribution is 7.89. The SMILES string of the molecule is CN(C)C[C@H](NS(=O)(=O)c1ccc(C2=CCOCC2)cc1)c1ccc(Cl)c(Cl)c1. The van der Waals surface area contributed by atoms with Crippen molar-refractivity contribution in [3.05, 3.63) is 69.7 Å². The quantitative estimate of drug-likeness (QED) is 0.674. The number of halogens is 2. The predicted octanol–water partition coefficient (Wildman–Crippen LogP) is 4.38. The first-order valence-electron chi connectivity index (χ1n) is 9.25. The average molecular weight is 455 g/mol. The van der Waals surface area contributed by atoms with E-state index >= 15 is 0 Å². The van der Waals surface area contributed by atoms with E-state index in [4.69, 9.17) is 27.9 Å². The minimum absolute atomic E-state index is 0.220. The fraction of sp³-hybridized carbons (Fsp3) is 0.333. The molecule has 1 heterocycles. The van der Waals surface area contributed by atoms with Gasteiger partial charge in [0.25, 0.3) is 0 Å². The molecule has 2 aromatic rings. The van der Waals surface area contributed by atoms with Crippen LogP contribution in [0.5, 0.6) is 0 Å². The molecule has 8 heteroatoms. The van der Waals surface area contributed by atoms with Gasteiger partial charge in [0.1, 0.15) is 0 Å². The van der Waals surface area contributed by atoms with Gasteiger partial charge in [-0.2, -0.15) is 0 Å². The third-order valence-corrected chi connectivity index (χ3v) is 6.92. The van der Waals surface area contributed by atoms with Gasteiger partial charge in [-0.25, -0.2) is 13.1 Å². The second-order valence-electron chi connectivity index (χ2n) is 7.19. The van der Waals surface area contributed by atoms with Crippen LogP contribution in [-0.2, 0) is 14.8 Å². The van der Waals surface area contributed by atoms with Crippen molar-refractivity contribution in [1.82, 2.24) is 9.62 Å². The van der Waals surface area contributed by atoms with Crippen LogP contribution in [0.2, 0.25) is 10.0 Å². The van der Waals surface area contributed by atoms with Crippen LogP contribution in [0.4, 0.5) is 0 Å². The Morgan fingerprint density at radius 1 is 1.10 bits per heavy atom.